The van der Waals surface area contributed by atoms with E-state index in [1.165, 1.54) is 12.1 Å². The Morgan fingerprint density at radius 1 is 0.931 bits per heavy atom. The highest BCUT2D eigenvalue weighted by molar-refractivity contribution is 9.10. The van der Waals surface area contributed by atoms with Crippen molar-refractivity contribution in [3.63, 3.8) is 0 Å². The Hall–Kier alpha value is -2.90. The molecule has 3 aromatic carbocycles. The molecule has 29 heavy (non-hydrogen) atoms. The summed E-state index contributed by atoms with van der Waals surface area (Å²) in [6.45, 7) is 1.85. The lowest BCUT2D eigenvalue weighted by Crippen LogP contribution is -2.13. The summed E-state index contributed by atoms with van der Waals surface area (Å²) >= 11 is 3.38. The molecule has 0 fully saturated rings. The Bertz CT molecular complexity index is 1250. The SMILES string of the molecule is Cc1cc(Br)ccc1NS(=O)(=O)c1ccc(-c2ncc(-c3ccccc3)o2)cc1. The minimum Gasteiger partial charge on any atom is -0.436 e. The molecule has 4 rings (SSSR count). The number of oxazole rings is 1. The molecule has 0 unspecified atom stereocenters. The fourth-order valence-electron chi connectivity index (χ4n) is 2.87. The van der Waals surface area contributed by atoms with Gasteiger partial charge >= 0.3 is 0 Å². The average molecular weight is 469 g/mol. The van der Waals surface area contributed by atoms with Gasteiger partial charge in [-0.15, -0.1) is 0 Å². The third-order valence-corrected chi connectivity index (χ3v) is 6.28. The first-order valence-electron chi connectivity index (χ1n) is 8.83. The van der Waals surface area contributed by atoms with Gasteiger partial charge in [-0.1, -0.05) is 46.3 Å². The maximum atomic E-state index is 12.7. The second-order valence-electron chi connectivity index (χ2n) is 6.48. The summed E-state index contributed by atoms with van der Waals surface area (Å²) in [4.78, 5) is 4.47. The minimum atomic E-state index is -3.70. The Morgan fingerprint density at radius 2 is 1.66 bits per heavy atom. The second-order valence-corrected chi connectivity index (χ2v) is 9.08. The summed E-state index contributed by atoms with van der Waals surface area (Å²) in [5.74, 6) is 1.09. The molecule has 7 heteroatoms. The Morgan fingerprint density at radius 3 is 2.34 bits per heavy atom. The van der Waals surface area contributed by atoms with E-state index in [0.717, 1.165) is 15.6 Å². The van der Waals surface area contributed by atoms with E-state index in [1.807, 2.05) is 43.3 Å². The number of nitrogens with one attached hydrogen (secondary N) is 1. The first-order valence-corrected chi connectivity index (χ1v) is 11.1. The molecule has 0 saturated carbocycles. The minimum absolute atomic E-state index is 0.165. The molecule has 0 radical (unpaired) electrons. The van der Waals surface area contributed by atoms with Crippen molar-refractivity contribution in [1.82, 2.24) is 4.98 Å². The van der Waals surface area contributed by atoms with Crippen molar-refractivity contribution in [2.75, 3.05) is 4.72 Å². The molecule has 0 aliphatic heterocycles. The zero-order chi connectivity index (χ0) is 20.4. The monoisotopic (exact) mass is 468 g/mol. The molecule has 0 aliphatic carbocycles. The van der Waals surface area contributed by atoms with E-state index >= 15 is 0 Å². The number of sulfonamides is 1. The number of nitrogens with zero attached hydrogens (tertiary/aromatic N) is 1. The summed E-state index contributed by atoms with van der Waals surface area (Å²) in [6, 6.07) is 21.5. The van der Waals surface area contributed by atoms with Crippen molar-refractivity contribution in [1.29, 1.82) is 0 Å². The van der Waals surface area contributed by atoms with Gasteiger partial charge in [0.15, 0.2) is 5.76 Å². The van der Waals surface area contributed by atoms with Crippen LogP contribution in [-0.4, -0.2) is 13.4 Å². The molecule has 1 aromatic heterocycles. The molecule has 0 amide bonds. The van der Waals surface area contributed by atoms with Crippen LogP contribution in [0.4, 0.5) is 5.69 Å². The molecule has 0 aliphatic rings. The van der Waals surface area contributed by atoms with Crippen LogP contribution < -0.4 is 4.72 Å². The third kappa shape index (κ3) is 4.26. The standard InChI is InChI=1S/C22H17BrN2O3S/c1-15-13-18(23)9-12-20(15)25-29(26,27)19-10-7-17(8-11-19)22-24-14-21(28-22)16-5-3-2-4-6-16/h2-14,25H,1H3. The van der Waals surface area contributed by atoms with Crippen molar-refractivity contribution in [2.24, 2.45) is 0 Å². The van der Waals surface area contributed by atoms with Crippen LogP contribution in [0.15, 0.2) is 92.8 Å². The van der Waals surface area contributed by atoms with Gasteiger partial charge in [0.05, 0.1) is 16.8 Å². The molecule has 0 bridgehead atoms. The van der Waals surface area contributed by atoms with E-state index in [4.69, 9.17) is 4.42 Å². The van der Waals surface area contributed by atoms with Crippen LogP contribution in [-0.2, 0) is 10.0 Å². The van der Waals surface area contributed by atoms with Gasteiger partial charge in [0.1, 0.15) is 0 Å². The van der Waals surface area contributed by atoms with E-state index in [0.29, 0.717) is 22.9 Å². The highest BCUT2D eigenvalue weighted by Gasteiger charge is 2.16. The summed E-state index contributed by atoms with van der Waals surface area (Å²) in [5, 5.41) is 0. The fourth-order valence-corrected chi connectivity index (χ4v) is 4.47. The lowest BCUT2D eigenvalue weighted by molar-refractivity contribution is 0.588. The summed E-state index contributed by atoms with van der Waals surface area (Å²) < 4.78 is 34.8. The fraction of sp³-hybridized carbons (Fsp3) is 0.0455. The van der Waals surface area contributed by atoms with Gasteiger partial charge in [0.2, 0.25) is 5.89 Å². The van der Waals surface area contributed by atoms with Gasteiger partial charge in [-0.3, -0.25) is 4.72 Å². The van der Waals surface area contributed by atoms with Gasteiger partial charge in [0, 0.05) is 15.6 Å². The van der Waals surface area contributed by atoms with E-state index in [9.17, 15) is 8.42 Å². The lowest BCUT2D eigenvalue weighted by Gasteiger charge is -2.11. The number of hydrogen-bond acceptors (Lipinski definition) is 4. The number of aryl methyl sites for hydroxylation is 1. The maximum Gasteiger partial charge on any atom is 0.261 e. The zero-order valence-corrected chi connectivity index (χ0v) is 17.9. The highest BCUT2D eigenvalue weighted by Crippen LogP contribution is 2.28. The summed E-state index contributed by atoms with van der Waals surface area (Å²) in [5.41, 5.74) is 3.00. The van der Waals surface area contributed by atoms with E-state index < -0.39 is 10.0 Å². The Labute approximate surface area is 177 Å². The van der Waals surface area contributed by atoms with Crippen molar-refractivity contribution >= 4 is 31.6 Å². The average Bonchev–Trinajstić information content (AvgIpc) is 3.21. The molecule has 5 nitrogen and oxygen atoms in total. The summed E-state index contributed by atoms with van der Waals surface area (Å²) in [7, 11) is -3.70. The molecule has 0 spiro atoms. The van der Waals surface area contributed by atoms with Gasteiger partial charge in [-0.05, 0) is 55.0 Å². The van der Waals surface area contributed by atoms with Gasteiger partial charge in [-0.25, -0.2) is 13.4 Å². The zero-order valence-electron chi connectivity index (χ0n) is 15.5. The summed E-state index contributed by atoms with van der Waals surface area (Å²) in [6.07, 6.45) is 1.66. The quantitative estimate of drug-likeness (QED) is 0.396. The topological polar surface area (TPSA) is 72.2 Å². The van der Waals surface area contributed by atoms with Crippen LogP contribution in [0.25, 0.3) is 22.8 Å². The van der Waals surface area contributed by atoms with E-state index in [2.05, 4.69) is 25.6 Å². The number of aromatic nitrogens is 1. The van der Waals surface area contributed by atoms with Crippen molar-refractivity contribution in [3.8, 4) is 22.8 Å². The predicted octanol–water partition coefficient (Wildman–Crippen LogP) is 5.88. The van der Waals surface area contributed by atoms with Crippen LogP contribution in [0.3, 0.4) is 0 Å². The third-order valence-electron chi connectivity index (χ3n) is 4.41. The number of rotatable bonds is 5. The van der Waals surface area contributed by atoms with Gasteiger partial charge in [-0.2, -0.15) is 0 Å². The lowest BCUT2D eigenvalue weighted by atomic mass is 10.2. The normalized spacial score (nSPS) is 11.4. The van der Waals surface area contributed by atoms with Crippen LogP contribution in [0.2, 0.25) is 0 Å². The van der Waals surface area contributed by atoms with Crippen LogP contribution >= 0.6 is 15.9 Å². The first-order chi connectivity index (χ1) is 13.9. The first kappa shape index (κ1) is 19.4. The Balaban J connectivity index is 1.57. The largest absolute Gasteiger partial charge is 0.436 e. The molecule has 0 saturated heterocycles. The number of benzene rings is 3. The molecule has 0 atom stereocenters. The molecule has 4 aromatic rings. The van der Waals surface area contributed by atoms with Crippen molar-refractivity contribution < 1.29 is 12.8 Å². The molecule has 1 heterocycles. The van der Waals surface area contributed by atoms with E-state index in [1.54, 1.807) is 30.5 Å². The van der Waals surface area contributed by atoms with Gasteiger partial charge < -0.3 is 4.42 Å². The second kappa shape index (κ2) is 7.85. The smallest absolute Gasteiger partial charge is 0.261 e. The van der Waals surface area contributed by atoms with Crippen LogP contribution in [0, 0.1) is 6.92 Å². The van der Waals surface area contributed by atoms with Crippen molar-refractivity contribution in [3.05, 3.63) is 89.0 Å². The Kier molecular flexibility index (Phi) is 5.25. The predicted molar refractivity (Wildman–Crippen MR) is 117 cm³/mol. The highest BCUT2D eigenvalue weighted by atomic mass is 79.9. The molecular formula is C22H17BrN2O3S. The molecule has 146 valence electrons. The van der Waals surface area contributed by atoms with Crippen LogP contribution in [0.5, 0.6) is 0 Å². The van der Waals surface area contributed by atoms with E-state index in [-0.39, 0.29) is 4.90 Å². The number of halogens is 1. The molecule has 1 N–H and O–H groups in total. The number of hydrogen-bond donors (Lipinski definition) is 1. The van der Waals surface area contributed by atoms with Gasteiger partial charge in [0.25, 0.3) is 10.0 Å². The maximum absolute atomic E-state index is 12.7. The molecular weight excluding hydrogens is 452 g/mol. The van der Waals surface area contributed by atoms with Crippen LogP contribution in [0.1, 0.15) is 5.56 Å². The van der Waals surface area contributed by atoms with Crippen molar-refractivity contribution in [2.45, 2.75) is 11.8 Å². The number of anilines is 1.